The van der Waals surface area contributed by atoms with Crippen LogP contribution in [0, 0.1) is 10.1 Å². The molecule has 20 heteroatoms. The lowest BCUT2D eigenvalue weighted by molar-refractivity contribution is -0.384. The number of nitrogens with one attached hydrogen (secondary N) is 4. The predicted octanol–water partition coefficient (Wildman–Crippen LogP) is 4.52. The van der Waals surface area contributed by atoms with Gasteiger partial charge in [0, 0.05) is 42.2 Å². The van der Waals surface area contributed by atoms with Crippen LogP contribution in [0.15, 0.2) is 84.0 Å². The lowest BCUT2D eigenvalue weighted by Gasteiger charge is -2.23. The molecule has 0 heterocycles. The first kappa shape index (κ1) is 47.8. The quantitative estimate of drug-likeness (QED) is 0.0115. The van der Waals surface area contributed by atoms with Crippen LogP contribution >= 0.6 is 0 Å². The first-order valence-corrected chi connectivity index (χ1v) is 19.2. The van der Waals surface area contributed by atoms with E-state index in [1.165, 1.54) is 24.3 Å². The molecule has 3 rings (SSSR count). The number of nitro benzene ring substituents is 1. The standard InChI is InChI=1S/C40H50N8O12/c1-2-3-5-10-34(38(51)44-31-13-11-30(12-14-31)26-59-40(53)60-33-17-15-32(16-18-33)48(54)55)46-39(52)35(25-29-8-6-4-7-9-29)45-37(50)28-58-27-36(49)42-19-21-56-23-24-57-22-20-43-47-41/h4,6-9,11-18,34-35H,2-3,5,10,19-28H2,1H3,(H,42,49)(H,44,51)(H,45,50)(H,46,52). The maximum absolute atomic E-state index is 13.7. The lowest BCUT2D eigenvalue weighted by atomic mass is 10.0. The van der Waals surface area contributed by atoms with Crippen LogP contribution in [-0.2, 0) is 51.2 Å². The summed E-state index contributed by atoms with van der Waals surface area (Å²) in [5.41, 5.74) is 9.83. The van der Waals surface area contributed by atoms with E-state index in [9.17, 15) is 34.1 Å². The van der Waals surface area contributed by atoms with Gasteiger partial charge >= 0.3 is 6.16 Å². The fraction of sp³-hybridized carbons (Fsp3) is 0.425. The Hall–Kier alpha value is -6.60. The smallest absolute Gasteiger partial charge is 0.429 e. The largest absolute Gasteiger partial charge is 0.514 e. The highest BCUT2D eigenvalue weighted by Gasteiger charge is 2.27. The van der Waals surface area contributed by atoms with Gasteiger partial charge in [-0.3, -0.25) is 29.3 Å². The zero-order valence-corrected chi connectivity index (χ0v) is 33.2. The number of azide groups is 1. The van der Waals surface area contributed by atoms with Crippen LogP contribution in [0.3, 0.4) is 0 Å². The molecule has 322 valence electrons. The third-order valence-electron chi connectivity index (χ3n) is 8.30. The van der Waals surface area contributed by atoms with Gasteiger partial charge in [0.2, 0.25) is 23.6 Å². The highest BCUT2D eigenvalue weighted by Crippen LogP contribution is 2.18. The van der Waals surface area contributed by atoms with Crippen molar-refractivity contribution in [3.8, 4) is 5.75 Å². The van der Waals surface area contributed by atoms with Crippen molar-refractivity contribution in [1.82, 2.24) is 16.0 Å². The number of hydrogen-bond acceptors (Lipinski definition) is 13. The van der Waals surface area contributed by atoms with Crippen molar-refractivity contribution >= 4 is 41.2 Å². The molecule has 0 radical (unpaired) electrons. The van der Waals surface area contributed by atoms with Crippen molar-refractivity contribution < 1.29 is 52.6 Å². The zero-order chi connectivity index (χ0) is 43.4. The molecule has 0 aliphatic carbocycles. The molecule has 0 aromatic heterocycles. The normalized spacial score (nSPS) is 11.6. The van der Waals surface area contributed by atoms with Crippen LogP contribution < -0.4 is 26.0 Å². The SMILES string of the molecule is CCCCCC(NC(=O)C(Cc1ccccc1)NC(=O)COCC(=O)NCCOCCOCCN=[N+]=[N-])C(=O)Nc1ccc(COC(=O)Oc2ccc([N+](=O)[O-])cc2)cc1. The van der Waals surface area contributed by atoms with Gasteiger partial charge < -0.3 is 45.0 Å². The van der Waals surface area contributed by atoms with Crippen LogP contribution in [-0.4, -0.2) is 99.5 Å². The number of hydrogen-bond donors (Lipinski definition) is 4. The van der Waals surface area contributed by atoms with Gasteiger partial charge in [-0.15, -0.1) is 0 Å². The van der Waals surface area contributed by atoms with Gasteiger partial charge in [-0.2, -0.15) is 0 Å². The highest BCUT2D eigenvalue weighted by atomic mass is 16.7. The number of ether oxygens (including phenoxy) is 5. The van der Waals surface area contributed by atoms with E-state index in [0.29, 0.717) is 30.7 Å². The molecule has 0 saturated carbocycles. The second-order valence-corrected chi connectivity index (χ2v) is 13.0. The average Bonchev–Trinajstić information content (AvgIpc) is 3.24. The van der Waals surface area contributed by atoms with Crippen molar-refractivity contribution in [1.29, 1.82) is 0 Å². The molecular weight excluding hydrogens is 784 g/mol. The molecule has 3 aromatic rings. The van der Waals surface area contributed by atoms with E-state index in [2.05, 4.69) is 31.3 Å². The van der Waals surface area contributed by atoms with Gasteiger partial charge in [-0.25, -0.2) is 4.79 Å². The summed E-state index contributed by atoms with van der Waals surface area (Å²) >= 11 is 0. The summed E-state index contributed by atoms with van der Waals surface area (Å²) in [6.07, 6.45) is 1.78. The molecule has 20 nitrogen and oxygen atoms in total. The first-order chi connectivity index (χ1) is 29.1. The summed E-state index contributed by atoms with van der Waals surface area (Å²) in [5, 5.41) is 25.1. The summed E-state index contributed by atoms with van der Waals surface area (Å²) in [7, 11) is 0. The van der Waals surface area contributed by atoms with Crippen molar-refractivity contribution in [2.75, 3.05) is 58.0 Å². The van der Waals surface area contributed by atoms with Crippen LogP contribution in [0.2, 0.25) is 0 Å². The van der Waals surface area contributed by atoms with E-state index < -0.39 is 60.0 Å². The number of carbonyl (C=O) groups is 5. The molecule has 0 spiro atoms. The van der Waals surface area contributed by atoms with E-state index in [1.54, 1.807) is 48.5 Å². The maximum Gasteiger partial charge on any atom is 0.514 e. The van der Waals surface area contributed by atoms with E-state index in [0.717, 1.165) is 18.4 Å². The molecule has 0 aliphatic rings. The van der Waals surface area contributed by atoms with Crippen LogP contribution in [0.1, 0.15) is 43.7 Å². The minimum atomic E-state index is -1.08. The number of anilines is 1. The number of carbonyl (C=O) groups excluding carboxylic acids is 5. The molecule has 2 unspecified atom stereocenters. The predicted molar refractivity (Wildman–Crippen MR) is 217 cm³/mol. The Kier molecular flexibility index (Phi) is 22.2. The number of amides is 4. The Morgan fingerprint density at radius 1 is 0.783 bits per heavy atom. The number of rotatable bonds is 28. The van der Waals surface area contributed by atoms with Crippen LogP contribution in [0.5, 0.6) is 5.75 Å². The second kappa shape index (κ2) is 27.9. The summed E-state index contributed by atoms with van der Waals surface area (Å²) in [4.78, 5) is 77.4. The minimum absolute atomic E-state index is 0.0734. The Morgan fingerprint density at radius 3 is 2.17 bits per heavy atom. The minimum Gasteiger partial charge on any atom is -0.429 e. The van der Waals surface area contributed by atoms with E-state index >= 15 is 0 Å². The summed E-state index contributed by atoms with van der Waals surface area (Å²) in [6.45, 7) is 2.46. The number of unbranched alkanes of at least 4 members (excludes halogenated alkanes) is 2. The molecule has 0 fully saturated rings. The Labute approximate surface area is 346 Å². The fourth-order valence-corrected chi connectivity index (χ4v) is 5.27. The second-order valence-electron chi connectivity index (χ2n) is 13.0. The van der Waals surface area contributed by atoms with Crippen molar-refractivity contribution in [3.05, 3.63) is 111 Å². The molecule has 4 N–H and O–H groups in total. The molecule has 2 atom stereocenters. The molecule has 0 saturated heterocycles. The zero-order valence-electron chi connectivity index (χ0n) is 33.2. The molecular formula is C40H50N8O12. The molecule has 4 amide bonds. The molecule has 60 heavy (non-hydrogen) atoms. The summed E-state index contributed by atoms with van der Waals surface area (Å²) in [6, 6.07) is 18.4. The number of benzene rings is 3. The van der Waals surface area contributed by atoms with Crippen LogP contribution in [0.25, 0.3) is 10.4 Å². The van der Waals surface area contributed by atoms with Gasteiger partial charge in [-0.05, 0) is 47.3 Å². The van der Waals surface area contributed by atoms with E-state index in [1.807, 2.05) is 13.0 Å². The Morgan fingerprint density at radius 2 is 1.48 bits per heavy atom. The van der Waals surface area contributed by atoms with Crippen molar-refractivity contribution in [3.63, 3.8) is 0 Å². The third-order valence-corrected chi connectivity index (χ3v) is 8.30. The van der Waals surface area contributed by atoms with Gasteiger partial charge in [0.1, 0.15) is 37.7 Å². The third kappa shape index (κ3) is 19.7. The summed E-state index contributed by atoms with van der Waals surface area (Å²) in [5.74, 6) is -2.10. The fourth-order valence-electron chi connectivity index (χ4n) is 5.27. The van der Waals surface area contributed by atoms with Gasteiger partial charge in [0.05, 0.1) is 31.4 Å². The molecule has 0 bridgehead atoms. The number of nitro groups is 1. The van der Waals surface area contributed by atoms with Crippen molar-refractivity contribution in [2.24, 2.45) is 5.11 Å². The van der Waals surface area contributed by atoms with Gasteiger partial charge in [-0.1, -0.05) is 73.8 Å². The van der Waals surface area contributed by atoms with Crippen molar-refractivity contribution in [2.45, 2.75) is 57.7 Å². The summed E-state index contributed by atoms with van der Waals surface area (Å²) < 4.78 is 26.0. The Bertz CT molecular complexity index is 1860. The highest BCUT2D eigenvalue weighted by molar-refractivity contribution is 5.98. The molecule has 3 aromatic carbocycles. The van der Waals surface area contributed by atoms with Crippen LogP contribution in [0.4, 0.5) is 16.2 Å². The maximum atomic E-state index is 13.7. The topological polar surface area (TPSA) is 272 Å². The number of non-ortho nitro benzene ring substituents is 1. The first-order valence-electron chi connectivity index (χ1n) is 19.2. The Balaban J connectivity index is 1.50. The molecule has 0 aliphatic heterocycles. The average molecular weight is 835 g/mol. The van der Waals surface area contributed by atoms with E-state index in [-0.39, 0.29) is 57.4 Å². The van der Waals surface area contributed by atoms with Gasteiger partial charge in [0.15, 0.2) is 0 Å². The van der Waals surface area contributed by atoms with E-state index in [4.69, 9.17) is 29.2 Å². The number of nitrogens with zero attached hydrogens (tertiary/aromatic N) is 4. The van der Waals surface area contributed by atoms with Gasteiger partial charge in [0.25, 0.3) is 5.69 Å². The lowest BCUT2D eigenvalue weighted by Crippen LogP contribution is -2.54. The monoisotopic (exact) mass is 834 g/mol.